The van der Waals surface area contributed by atoms with Gasteiger partial charge in [0.1, 0.15) is 0 Å². The molecule has 0 aliphatic rings. The average Bonchev–Trinajstić information content (AvgIpc) is 2.27. The predicted molar refractivity (Wildman–Crippen MR) is 63.2 cm³/mol. The van der Waals surface area contributed by atoms with Crippen molar-refractivity contribution in [2.24, 2.45) is 0 Å². The molecule has 1 aromatic rings. The highest BCUT2D eigenvalue weighted by atomic mass is 16.5. The van der Waals surface area contributed by atoms with Crippen LogP contribution in [0.15, 0.2) is 18.2 Å². The molecule has 0 aliphatic heterocycles. The van der Waals surface area contributed by atoms with Gasteiger partial charge in [-0.3, -0.25) is 4.79 Å². The largest absolute Gasteiger partial charge is 0.481 e. The molecule has 92 valence electrons. The Bertz CT molecular complexity index is 437. The molecule has 1 unspecified atom stereocenters. The third kappa shape index (κ3) is 3.31. The van der Waals surface area contributed by atoms with E-state index in [1.54, 1.807) is 12.1 Å². The van der Waals surface area contributed by atoms with Crippen LogP contribution in [0.25, 0.3) is 0 Å². The number of methoxy groups -OCH3 is 1. The van der Waals surface area contributed by atoms with E-state index in [4.69, 9.17) is 5.11 Å². The van der Waals surface area contributed by atoms with Gasteiger partial charge in [0.05, 0.1) is 19.1 Å². The summed E-state index contributed by atoms with van der Waals surface area (Å²) in [6.45, 7) is 3.66. The van der Waals surface area contributed by atoms with Crippen LogP contribution in [0.3, 0.4) is 0 Å². The molecule has 17 heavy (non-hydrogen) atoms. The maximum Gasteiger partial charge on any atom is 0.338 e. The van der Waals surface area contributed by atoms with E-state index in [2.05, 4.69) is 4.74 Å². The summed E-state index contributed by atoms with van der Waals surface area (Å²) in [7, 11) is 1.34. The smallest absolute Gasteiger partial charge is 0.338 e. The van der Waals surface area contributed by atoms with E-state index in [1.165, 1.54) is 7.11 Å². The van der Waals surface area contributed by atoms with Crippen molar-refractivity contribution in [2.45, 2.75) is 26.2 Å². The van der Waals surface area contributed by atoms with Crippen LogP contribution in [0.4, 0.5) is 0 Å². The molecule has 1 aromatic carbocycles. The van der Waals surface area contributed by atoms with Crippen LogP contribution in [0, 0.1) is 6.92 Å². The van der Waals surface area contributed by atoms with Crippen molar-refractivity contribution < 1.29 is 19.4 Å². The molecule has 1 rings (SSSR count). The number of carbonyl (C=O) groups excluding carboxylic acids is 1. The van der Waals surface area contributed by atoms with Gasteiger partial charge in [-0.2, -0.15) is 0 Å². The number of carboxylic acid groups (broad SMARTS) is 1. The van der Waals surface area contributed by atoms with Gasteiger partial charge >= 0.3 is 11.9 Å². The van der Waals surface area contributed by atoms with Crippen LogP contribution in [0.5, 0.6) is 0 Å². The molecule has 0 bridgehead atoms. The first-order valence-electron chi connectivity index (χ1n) is 5.36. The predicted octanol–water partition coefficient (Wildman–Crippen LogP) is 2.36. The van der Waals surface area contributed by atoms with Gasteiger partial charge in [0, 0.05) is 0 Å². The van der Waals surface area contributed by atoms with Crippen LogP contribution in [-0.2, 0) is 9.53 Å². The van der Waals surface area contributed by atoms with Crippen LogP contribution >= 0.6 is 0 Å². The number of ether oxygens (including phenoxy) is 1. The third-order valence-corrected chi connectivity index (χ3v) is 2.71. The minimum atomic E-state index is -0.827. The van der Waals surface area contributed by atoms with E-state index in [1.807, 2.05) is 19.9 Å². The lowest BCUT2D eigenvalue weighted by atomic mass is 9.94. The molecule has 0 radical (unpaired) electrons. The Morgan fingerprint density at radius 2 is 2.06 bits per heavy atom. The molecule has 4 nitrogen and oxygen atoms in total. The van der Waals surface area contributed by atoms with E-state index in [0.717, 1.165) is 11.1 Å². The third-order valence-electron chi connectivity index (χ3n) is 2.71. The molecule has 0 spiro atoms. The Balaban J connectivity index is 2.96. The Kier molecular flexibility index (Phi) is 4.26. The zero-order chi connectivity index (χ0) is 13.0. The molecule has 0 saturated heterocycles. The molecule has 0 aliphatic carbocycles. The summed E-state index contributed by atoms with van der Waals surface area (Å²) in [5.41, 5.74) is 2.22. The molecule has 1 atom stereocenters. The highest BCUT2D eigenvalue weighted by Crippen LogP contribution is 2.22. The highest BCUT2D eigenvalue weighted by Gasteiger charge is 2.14. The number of esters is 1. The highest BCUT2D eigenvalue weighted by molar-refractivity contribution is 5.91. The molecule has 0 saturated carbocycles. The van der Waals surface area contributed by atoms with Crippen molar-refractivity contribution in [3.05, 3.63) is 34.9 Å². The fourth-order valence-corrected chi connectivity index (χ4v) is 1.71. The van der Waals surface area contributed by atoms with Gasteiger partial charge in [0.15, 0.2) is 0 Å². The zero-order valence-corrected chi connectivity index (χ0v) is 10.2. The molecule has 1 N–H and O–H groups in total. The van der Waals surface area contributed by atoms with Crippen molar-refractivity contribution in [1.29, 1.82) is 0 Å². The Labute approximate surface area is 100 Å². The molecule has 0 aromatic heterocycles. The van der Waals surface area contributed by atoms with Crippen LogP contribution in [-0.4, -0.2) is 24.2 Å². The molecular weight excluding hydrogens is 220 g/mol. The molecule has 0 heterocycles. The Hall–Kier alpha value is -1.84. The number of carboxylic acids is 1. The van der Waals surface area contributed by atoms with Gasteiger partial charge in [-0.05, 0) is 30.0 Å². The Morgan fingerprint density at radius 3 is 2.53 bits per heavy atom. The van der Waals surface area contributed by atoms with E-state index < -0.39 is 5.97 Å². The van der Waals surface area contributed by atoms with Gasteiger partial charge in [-0.25, -0.2) is 4.79 Å². The number of benzene rings is 1. The van der Waals surface area contributed by atoms with Gasteiger partial charge in [-0.15, -0.1) is 0 Å². The maximum atomic E-state index is 11.4. The number of hydrogen-bond donors (Lipinski definition) is 1. The minimum absolute atomic E-state index is 0.0714. The number of carbonyl (C=O) groups is 2. The second-order valence-corrected chi connectivity index (χ2v) is 4.06. The topological polar surface area (TPSA) is 63.6 Å². The number of aliphatic carboxylic acids is 1. The first kappa shape index (κ1) is 13.2. The van der Waals surface area contributed by atoms with E-state index >= 15 is 0 Å². The summed E-state index contributed by atoms with van der Waals surface area (Å²) >= 11 is 0. The number of aryl methyl sites for hydroxylation is 1. The SMILES string of the molecule is COC(=O)c1ccc(C(C)CC(=O)O)cc1C. The van der Waals surface area contributed by atoms with E-state index in [9.17, 15) is 9.59 Å². The Morgan fingerprint density at radius 1 is 1.41 bits per heavy atom. The summed E-state index contributed by atoms with van der Waals surface area (Å²) in [4.78, 5) is 22.0. The first-order chi connectivity index (χ1) is 7.95. The van der Waals surface area contributed by atoms with Gasteiger partial charge in [-0.1, -0.05) is 19.1 Å². The van der Waals surface area contributed by atoms with E-state index in [0.29, 0.717) is 5.56 Å². The fraction of sp³-hybridized carbons (Fsp3) is 0.385. The van der Waals surface area contributed by atoms with Crippen LogP contribution in [0.2, 0.25) is 0 Å². The zero-order valence-electron chi connectivity index (χ0n) is 10.2. The summed E-state index contributed by atoms with van der Waals surface area (Å²) in [5, 5.41) is 8.72. The van der Waals surface area contributed by atoms with Crippen molar-refractivity contribution >= 4 is 11.9 Å². The fourth-order valence-electron chi connectivity index (χ4n) is 1.71. The first-order valence-corrected chi connectivity index (χ1v) is 5.36. The van der Waals surface area contributed by atoms with Crippen molar-refractivity contribution in [1.82, 2.24) is 0 Å². The summed E-state index contributed by atoms with van der Waals surface area (Å²) in [6, 6.07) is 5.28. The van der Waals surface area contributed by atoms with E-state index in [-0.39, 0.29) is 18.3 Å². The second-order valence-electron chi connectivity index (χ2n) is 4.06. The average molecular weight is 236 g/mol. The molecule has 0 fully saturated rings. The maximum absolute atomic E-state index is 11.4. The van der Waals surface area contributed by atoms with Crippen molar-refractivity contribution in [3.63, 3.8) is 0 Å². The quantitative estimate of drug-likeness (QED) is 0.815. The lowest BCUT2D eigenvalue weighted by Crippen LogP contribution is -2.06. The lowest BCUT2D eigenvalue weighted by Gasteiger charge is -2.11. The lowest BCUT2D eigenvalue weighted by molar-refractivity contribution is -0.137. The standard InChI is InChI=1S/C13H16O4/c1-8(7-12(14)15)10-4-5-11(9(2)6-10)13(16)17-3/h4-6,8H,7H2,1-3H3,(H,14,15). The van der Waals surface area contributed by atoms with Crippen LogP contribution < -0.4 is 0 Å². The normalized spacial score (nSPS) is 11.9. The summed E-state index contributed by atoms with van der Waals surface area (Å²) < 4.78 is 4.65. The number of hydrogen-bond acceptors (Lipinski definition) is 3. The monoisotopic (exact) mass is 236 g/mol. The van der Waals surface area contributed by atoms with Crippen LogP contribution in [0.1, 0.15) is 40.7 Å². The van der Waals surface area contributed by atoms with Gasteiger partial charge in [0.2, 0.25) is 0 Å². The molecule has 0 amide bonds. The van der Waals surface area contributed by atoms with Gasteiger partial charge in [0.25, 0.3) is 0 Å². The molecular formula is C13H16O4. The van der Waals surface area contributed by atoms with Crippen molar-refractivity contribution in [2.75, 3.05) is 7.11 Å². The molecule has 4 heteroatoms. The number of rotatable bonds is 4. The van der Waals surface area contributed by atoms with Crippen molar-refractivity contribution in [3.8, 4) is 0 Å². The van der Waals surface area contributed by atoms with Gasteiger partial charge < -0.3 is 9.84 Å². The second kappa shape index (κ2) is 5.48. The minimum Gasteiger partial charge on any atom is -0.481 e. The summed E-state index contributed by atoms with van der Waals surface area (Å²) in [6.07, 6.45) is 0.0804. The summed E-state index contributed by atoms with van der Waals surface area (Å²) in [5.74, 6) is -1.27.